The quantitative estimate of drug-likeness (QED) is 0.304. The monoisotopic (exact) mass is 522 g/mol. The summed E-state index contributed by atoms with van der Waals surface area (Å²) >= 11 is 6.86. The summed E-state index contributed by atoms with van der Waals surface area (Å²) in [7, 11) is 1.65. The van der Waals surface area contributed by atoms with E-state index in [1.54, 1.807) is 24.9 Å². The van der Waals surface area contributed by atoms with Crippen molar-refractivity contribution >= 4 is 46.1 Å². The minimum absolute atomic E-state index is 0.0819. The van der Waals surface area contributed by atoms with E-state index in [0.717, 1.165) is 32.1 Å². The Bertz CT molecular complexity index is 1240. The van der Waals surface area contributed by atoms with E-state index >= 15 is 0 Å². The normalized spacial score (nSPS) is 15.4. The molecule has 0 radical (unpaired) electrons. The Kier molecular flexibility index (Phi) is 9.91. The van der Waals surface area contributed by atoms with Crippen LogP contribution in [0.15, 0.2) is 40.0 Å². The zero-order valence-corrected chi connectivity index (χ0v) is 23.1. The smallest absolute Gasteiger partial charge is 0.270 e. The van der Waals surface area contributed by atoms with Gasteiger partial charge in [-0.25, -0.2) is 0 Å². The number of anilines is 1. The van der Waals surface area contributed by atoms with Gasteiger partial charge >= 0.3 is 0 Å². The third-order valence-electron chi connectivity index (χ3n) is 6.68. The molecule has 36 heavy (non-hydrogen) atoms. The van der Waals surface area contributed by atoms with Gasteiger partial charge in [0, 0.05) is 25.7 Å². The molecule has 1 N–H and O–H groups in total. The van der Waals surface area contributed by atoms with Gasteiger partial charge in [-0.15, -0.1) is 0 Å². The predicted molar refractivity (Wildman–Crippen MR) is 153 cm³/mol. The largest absolute Gasteiger partial charge is 0.371 e. The number of nitrogens with one attached hydrogen (secondary N) is 1. The Balaban J connectivity index is 1.93. The number of rotatable bonds is 11. The van der Waals surface area contributed by atoms with Crippen molar-refractivity contribution in [3.05, 3.63) is 67.8 Å². The molecule has 1 aromatic carbocycles. The molecule has 0 saturated carbocycles. The molecule has 0 spiro atoms. The van der Waals surface area contributed by atoms with Crippen molar-refractivity contribution in [3.63, 3.8) is 0 Å². The number of nitriles is 1. The molecule has 1 atom stereocenters. The number of aromatic nitrogens is 1. The lowest BCUT2D eigenvalue weighted by atomic mass is 9.99. The first-order valence-electron chi connectivity index (χ1n) is 12.5. The highest BCUT2D eigenvalue weighted by molar-refractivity contribution is 8.26. The number of nitrogens with zero attached hydrogens (tertiary/aromatic N) is 3. The van der Waals surface area contributed by atoms with Crippen LogP contribution >= 0.6 is 24.0 Å². The maximum Gasteiger partial charge on any atom is 0.270 e. The van der Waals surface area contributed by atoms with Crippen molar-refractivity contribution in [3.8, 4) is 6.07 Å². The summed E-state index contributed by atoms with van der Waals surface area (Å²) in [5.74, 6) is 0.889. The van der Waals surface area contributed by atoms with Crippen molar-refractivity contribution in [2.45, 2.75) is 52.9 Å². The highest BCUT2D eigenvalue weighted by Crippen LogP contribution is 2.35. The summed E-state index contributed by atoms with van der Waals surface area (Å²) in [6.07, 6.45) is 6.89. The molecule has 2 heterocycles. The van der Waals surface area contributed by atoms with Crippen LogP contribution in [0, 0.1) is 24.2 Å². The van der Waals surface area contributed by atoms with E-state index in [-0.39, 0.29) is 17.0 Å². The van der Waals surface area contributed by atoms with Crippen LogP contribution in [0.4, 0.5) is 5.82 Å². The first-order valence-corrected chi connectivity index (χ1v) is 13.7. The van der Waals surface area contributed by atoms with Gasteiger partial charge in [0.2, 0.25) is 0 Å². The molecule has 1 aliphatic rings. The molecule has 0 aliphatic carbocycles. The maximum atomic E-state index is 13.4. The van der Waals surface area contributed by atoms with Crippen molar-refractivity contribution in [2.75, 3.05) is 18.4 Å². The topological polar surface area (TPSA) is 78.1 Å². The van der Waals surface area contributed by atoms with Crippen molar-refractivity contribution in [1.29, 1.82) is 5.26 Å². The van der Waals surface area contributed by atoms with Gasteiger partial charge in [-0.3, -0.25) is 19.1 Å². The van der Waals surface area contributed by atoms with Gasteiger partial charge in [-0.05, 0) is 42.9 Å². The third kappa shape index (κ3) is 6.26. The summed E-state index contributed by atoms with van der Waals surface area (Å²) in [4.78, 5) is 28.4. The molecule has 1 amide bonds. The Morgan fingerprint density at radius 3 is 2.58 bits per heavy atom. The Hall–Kier alpha value is -2.89. The number of benzene rings is 1. The average Bonchev–Trinajstić information content (AvgIpc) is 3.14. The van der Waals surface area contributed by atoms with Gasteiger partial charge in [0.1, 0.15) is 21.8 Å². The van der Waals surface area contributed by atoms with Gasteiger partial charge in [0.15, 0.2) is 0 Å². The molecule has 2 aromatic rings. The van der Waals surface area contributed by atoms with E-state index < -0.39 is 0 Å². The van der Waals surface area contributed by atoms with Crippen LogP contribution in [-0.4, -0.2) is 32.8 Å². The van der Waals surface area contributed by atoms with E-state index in [9.17, 15) is 14.9 Å². The van der Waals surface area contributed by atoms with E-state index in [1.807, 2.05) is 24.3 Å². The van der Waals surface area contributed by atoms with E-state index in [4.69, 9.17) is 12.2 Å². The molecular formula is C28H34N4O2S2. The molecule has 190 valence electrons. The first-order chi connectivity index (χ1) is 17.3. The molecular weight excluding hydrogens is 488 g/mol. The van der Waals surface area contributed by atoms with Crippen LogP contribution in [0.2, 0.25) is 0 Å². The van der Waals surface area contributed by atoms with Gasteiger partial charge in [0.05, 0.1) is 4.91 Å². The lowest BCUT2D eigenvalue weighted by Crippen LogP contribution is -2.33. The fourth-order valence-corrected chi connectivity index (χ4v) is 5.64. The number of pyridine rings is 1. The summed E-state index contributed by atoms with van der Waals surface area (Å²) in [5.41, 5.74) is 2.13. The first kappa shape index (κ1) is 27.7. The number of hydrogen-bond donors (Lipinski definition) is 1. The Morgan fingerprint density at radius 1 is 1.22 bits per heavy atom. The van der Waals surface area contributed by atoms with Crippen LogP contribution in [-0.2, 0) is 18.3 Å². The molecule has 1 aromatic heterocycles. The molecule has 1 aliphatic heterocycles. The minimum Gasteiger partial charge on any atom is -0.371 e. The number of thiocarbonyl (C=S) groups is 1. The second-order valence-corrected chi connectivity index (χ2v) is 10.8. The summed E-state index contributed by atoms with van der Waals surface area (Å²) in [5, 5.41) is 13.0. The molecule has 3 rings (SSSR count). The van der Waals surface area contributed by atoms with Crippen molar-refractivity contribution in [2.24, 2.45) is 13.0 Å². The Morgan fingerprint density at radius 2 is 1.94 bits per heavy atom. The van der Waals surface area contributed by atoms with Gasteiger partial charge in [0.25, 0.3) is 11.5 Å². The van der Waals surface area contributed by atoms with Gasteiger partial charge in [-0.1, -0.05) is 87.4 Å². The van der Waals surface area contributed by atoms with Gasteiger partial charge in [-0.2, -0.15) is 5.26 Å². The molecule has 1 saturated heterocycles. The lowest BCUT2D eigenvalue weighted by Gasteiger charge is -2.22. The van der Waals surface area contributed by atoms with Crippen LogP contribution in [0.1, 0.15) is 61.8 Å². The lowest BCUT2D eigenvalue weighted by molar-refractivity contribution is -0.122. The standard InChI is InChI=1S/C28H34N4O2S2/c1-5-7-11-20(6-2)18-32-27(34)24(36-28(32)35)16-22-19(3)23(17-29)26(33)31(4)25(22)30-15-14-21-12-9-8-10-13-21/h8-10,12-13,16,20,30H,5-7,11,14-15,18H2,1-4H3/b24-16+. The van der Waals surface area contributed by atoms with Crippen LogP contribution in [0.3, 0.4) is 0 Å². The van der Waals surface area contributed by atoms with E-state index in [2.05, 4.69) is 31.3 Å². The number of carbonyl (C=O) groups excluding carboxylic acids is 1. The predicted octanol–water partition coefficient (Wildman–Crippen LogP) is 5.64. The highest BCUT2D eigenvalue weighted by Gasteiger charge is 2.34. The SMILES string of the molecule is CCCCC(CC)CN1C(=O)/C(=C\c2c(C)c(C#N)c(=O)n(C)c2NCCc2ccccc2)SC1=S. The zero-order chi connectivity index (χ0) is 26.2. The number of carbonyl (C=O) groups is 1. The number of unbranched alkanes of at least 4 members (excludes halogenated alkanes) is 1. The minimum atomic E-state index is -0.358. The summed E-state index contributed by atoms with van der Waals surface area (Å²) < 4.78 is 2.02. The molecule has 0 bridgehead atoms. The fraction of sp³-hybridized carbons (Fsp3) is 0.429. The van der Waals surface area contributed by atoms with Crippen LogP contribution < -0.4 is 10.9 Å². The highest BCUT2D eigenvalue weighted by atomic mass is 32.2. The van der Waals surface area contributed by atoms with E-state index in [1.165, 1.54) is 21.9 Å². The van der Waals surface area contributed by atoms with Crippen molar-refractivity contribution in [1.82, 2.24) is 9.47 Å². The number of hydrogen-bond acceptors (Lipinski definition) is 6. The Labute approximate surface area is 223 Å². The van der Waals surface area contributed by atoms with E-state index in [0.29, 0.717) is 45.2 Å². The second-order valence-electron chi connectivity index (χ2n) is 9.11. The summed E-state index contributed by atoms with van der Waals surface area (Å²) in [6.45, 7) is 7.30. The van der Waals surface area contributed by atoms with Crippen LogP contribution in [0.5, 0.6) is 0 Å². The molecule has 6 nitrogen and oxygen atoms in total. The fourth-order valence-electron chi connectivity index (χ4n) is 4.38. The van der Waals surface area contributed by atoms with Gasteiger partial charge < -0.3 is 5.32 Å². The second kappa shape index (κ2) is 12.9. The molecule has 1 fully saturated rings. The summed E-state index contributed by atoms with van der Waals surface area (Å²) in [6, 6.07) is 12.1. The number of thioether (sulfide) groups is 1. The molecule has 8 heteroatoms. The maximum absolute atomic E-state index is 13.4. The third-order valence-corrected chi connectivity index (χ3v) is 8.06. The number of amides is 1. The van der Waals surface area contributed by atoms with Crippen LogP contribution in [0.25, 0.3) is 6.08 Å². The zero-order valence-electron chi connectivity index (χ0n) is 21.5. The average molecular weight is 523 g/mol. The van der Waals surface area contributed by atoms with Crippen molar-refractivity contribution < 1.29 is 4.79 Å². The molecule has 1 unspecified atom stereocenters.